The van der Waals surface area contributed by atoms with Gasteiger partial charge in [-0.1, -0.05) is 19.1 Å². The highest BCUT2D eigenvalue weighted by molar-refractivity contribution is 7.91. The number of hydrogen-bond donors (Lipinski definition) is 0. The van der Waals surface area contributed by atoms with Crippen LogP contribution in [0.1, 0.15) is 25.3 Å². The topological polar surface area (TPSA) is 71.5 Å². The van der Waals surface area contributed by atoms with Crippen molar-refractivity contribution < 1.29 is 21.2 Å². The molecule has 0 heterocycles. The number of hydrogen-bond acceptors (Lipinski definition) is 4. The lowest BCUT2D eigenvalue weighted by molar-refractivity contribution is 0.398. The highest BCUT2D eigenvalue weighted by Crippen LogP contribution is 2.33. The van der Waals surface area contributed by atoms with Crippen molar-refractivity contribution in [1.82, 2.24) is 4.31 Å². The lowest BCUT2D eigenvalue weighted by atomic mass is 10.2. The van der Waals surface area contributed by atoms with Gasteiger partial charge >= 0.3 is 0 Å². The summed E-state index contributed by atoms with van der Waals surface area (Å²) in [6.45, 7) is 1.62. The van der Waals surface area contributed by atoms with E-state index < -0.39 is 25.7 Å². The van der Waals surface area contributed by atoms with Crippen LogP contribution >= 0.6 is 0 Å². The lowest BCUT2D eigenvalue weighted by Crippen LogP contribution is -2.32. The Morgan fingerprint density at radius 1 is 1.00 bits per heavy atom. The molecule has 0 saturated heterocycles. The summed E-state index contributed by atoms with van der Waals surface area (Å²) < 4.78 is 64.6. The average molecular weight is 397 g/mol. The van der Waals surface area contributed by atoms with Crippen molar-refractivity contribution in [3.63, 3.8) is 0 Å². The van der Waals surface area contributed by atoms with Gasteiger partial charge in [0.15, 0.2) is 9.84 Å². The monoisotopic (exact) mass is 397 g/mol. The van der Waals surface area contributed by atoms with E-state index in [4.69, 9.17) is 0 Å². The zero-order valence-corrected chi connectivity index (χ0v) is 15.9. The van der Waals surface area contributed by atoms with E-state index in [-0.39, 0.29) is 28.1 Å². The summed E-state index contributed by atoms with van der Waals surface area (Å²) >= 11 is 0. The Labute approximate surface area is 153 Å². The third-order valence-electron chi connectivity index (χ3n) is 4.35. The Morgan fingerprint density at radius 3 is 2.15 bits per heavy atom. The van der Waals surface area contributed by atoms with Crippen molar-refractivity contribution in [2.24, 2.45) is 0 Å². The molecule has 26 heavy (non-hydrogen) atoms. The molecule has 2 aromatic carbocycles. The molecule has 1 saturated carbocycles. The molecule has 0 bridgehead atoms. The Kier molecular flexibility index (Phi) is 5.18. The zero-order chi connectivity index (χ0) is 18.9. The van der Waals surface area contributed by atoms with Gasteiger partial charge < -0.3 is 0 Å². The predicted octanol–water partition coefficient (Wildman–Crippen LogP) is 2.97. The molecule has 0 aromatic heterocycles. The number of sulfonamides is 1. The van der Waals surface area contributed by atoms with Crippen LogP contribution in [0, 0.1) is 5.82 Å². The highest BCUT2D eigenvalue weighted by Gasteiger charge is 2.38. The van der Waals surface area contributed by atoms with Crippen molar-refractivity contribution in [3.05, 3.63) is 59.9 Å². The maximum absolute atomic E-state index is 13.4. The molecule has 0 amide bonds. The van der Waals surface area contributed by atoms with E-state index in [1.807, 2.05) is 0 Å². The van der Waals surface area contributed by atoms with Gasteiger partial charge in [0.05, 0.1) is 15.5 Å². The van der Waals surface area contributed by atoms with Gasteiger partial charge in [0.1, 0.15) is 5.82 Å². The second kappa shape index (κ2) is 7.09. The van der Waals surface area contributed by atoms with Gasteiger partial charge in [0.25, 0.3) is 0 Å². The van der Waals surface area contributed by atoms with Crippen molar-refractivity contribution in [2.45, 2.75) is 42.1 Å². The fourth-order valence-corrected chi connectivity index (χ4v) is 5.27. The summed E-state index contributed by atoms with van der Waals surface area (Å²) in [6, 6.07) is 11.0. The summed E-state index contributed by atoms with van der Waals surface area (Å²) in [5.74, 6) is -0.461. The third-order valence-corrected chi connectivity index (χ3v) is 8.01. The summed E-state index contributed by atoms with van der Waals surface area (Å²) in [4.78, 5) is 0.137. The van der Waals surface area contributed by atoms with E-state index in [1.165, 1.54) is 47.6 Å². The molecule has 0 atom stereocenters. The normalized spacial score (nSPS) is 15.3. The standard InChI is InChI=1S/C18H20FNO4S2/c1-2-25(21,22)17-8-10-18(11-9-17)26(23,24)20(16-6-7-16)13-14-4-3-5-15(19)12-14/h3-5,8-12,16H,2,6-7,13H2,1H3. The minimum atomic E-state index is -3.80. The Hall–Kier alpha value is -1.77. The highest BCUT2D eigenvalue weighted by atomic mass is 32.2. The van der Waals surface area contributed by atoms with E-state index in [1.54, 1.807) is 12.1 Å². The van der Waals surface area contributed by atoms with Crippen molar-refractivity contribution in [2.75, 3.05) is 5.75 Å². The Bertz CT molecular complexity index is 998. The zero-order valence-electron chi connectivity index (χ0n) is 14.3. The molecule has 8 heteroatoms. The summed E-state index contributed by atoms with van der Waals surface area (Å²) in [5.41, 5.74) is 0.575. The molecule has 0 aliphatic heterocycles. The molecule has 5 nitrogen and oxygen atoms in total. The number of benzene rings is 2. The minimum absolute atomic E-state index is 0.0378. The molecule has 0 radical (unpaired) electrons. The second-order valence-electron chi connectivity index (χ2n) is 6.29. The fourth-order valence-electron chi connectivity index (χ4n) is 2.71. The van der Waals surface area contributed by atoms with Gasteiger partial charge in [-0.05, 0) is 54.8 Å². The summed E-state index contributed by atoms with van der Waals surface area (Å²) in [7, 11) is -7.19. The molecular weight excluding hydrogens is 377 g/mol. The van der Waals surface area contributed by atoms with Crippen LogP contribution in [0.5, 0.6) is 0 Å². The van der Waals surface area contributed by atoms with Crippen LogP contribution in [0.3, 0.4) is 0 Å². The number of halogens is 1. The molecule has 0 spiro atoms. The predicted molar refractivity (Wildman–Crippen MR) is 96.3 cm³/mol. The van der Waals surface area contributed by atoms with Gasteiger partial charge in [-0.2, -0.15) is 4.31 Å². The fraction of sp³-hybridized carbons (Fsp3) is 0.333. The third kappa shape index (κ3) is 3.97. The van der Waals surface area contributed by atoms with Crippen LogP contribution in [0.4, 0.5) is 4.39 Å². The second-order valence-corrected chi connectivity index (χ2v) is 10.5. The van der Waals surface area contributed by atoms with Crippen LogP contribution < -0.4 is 0 Å². The first-order valence-electron chi connectivity index (χ1n) is 8.33. The molecule has 140 valence electrons. The number of sulfone groups is 1. The minimum Gasteiger partial charge on any atom is -0.224 e. The van der Waals surface area contributed by atoms with Crippen LogP contribution in [0.2, 0.25) is 0 Å². The maximum Gasteiger partial charge on any atom is 0.243 e. The van der Waals surface area contributed by atoms with Crippen LogP contribution in [-0.2, 0) is 26.4 Å². The Balaban J connectivity index is 1.91. The lowest BCUT2D eigenvalue weighted by Gasteiger charge is -2.22. The molecule has 0 N–H and O–H groups in total. The number of rotatable bonds is 7. The molecule has 3 rings (SSSR count). The van der Waals surface area contributed by atoms with E-state index >= 15 is 0 Å². The molecule has 1 aliphatic rings. The van der Waals surface area contributed by atoms with E-state index in [2.05, 4.69) is 0 Å². The van der Waals surface area contributed by atoms with E-state index in [0.717, 1.165) is 12.8 Å². The van der Waals surface area contributed by atoms with Gasteiger partial charge in [-0.15, -0.1) is 0 Å². The van der Waals surface area contributed by atoms with E-state index in [9.17, 15) is 21.2 Å². The largest absolute Gasteiger partial charge is 0.243 e. The average Bonchev–Trinajstić information content (AvgIpc) is 3.44. The van der Waals surface area contributed by atoms with Crippen LogP contribution in [-0.4, -0.2) is 32.9 Å². The molecule has 1 fully saturated rings. The molecular formula is C18H20FNO4S2. The molecule has 1 aliphatic carbocycles. The van der Waals surface area contributed by atoms with Crippen molar-refractivity contribution >= 4 is 19.9 Å². The molecule has 2 aromatic rings. The van der Waals surface area contributed by atoms with Crippen LogP contribution in [0.25, 0.3) is 0 Å². The first-order chi connectivity index (χ1) is 12.2. The summed E-state index contributed by atoms with van der Waals surface area (Å²) in [5, 5.41) is 0. The first-order valence-corrected chi connectivity index (χ1v) is 11.4. The molecule has 0 unspecified atom stereocenters. The first kappa shape index (κ1) is 19.0. The smallest absolute Gasteiger partial charge is 0.224 e. The van der Waals surface area contributed by atoms with E-state index in [0.29, 0.717) is 5.56 Å². The van der Waals surface area contributed by atoms with Crippen LogP contribution in [0.15, 0.2) is 58.3 Å². The Morgan fingerprint density at radius 2 is 1.62 bits per heavy atom. The quantitative estimate of drug-likeness (QED) is 0.720. The van der Waals surface area contributed by atoms with Crippen molar-refractivity contribution in [3.8, 4) is 0 Å². The van der Waals surface area contributed by atoms with Crippen molar-refractivity contribution in [1.29, 1.82) is 0 Å². The summed E-state index contributed by atoms with van der Waals surface area (Å²) in [6.07, 6.45) is 1.52. The van der Waals surface area contributed by atoms with Gasteiger partial charge in [0, 0.05) is 12.6 Å². The number of nitrogens with zero attached hydrogens (tertiary/aromatic N) is 1. The SMILES string of the molecule is CCS(=O)(=O)c1ccc(S(=O)(=O)N(Cc2cccc(F)c2)C2CC2)cc1. The van der Waals surface area contributed by atoms with Gasteiger partial charge in [0.2, 0.25) is 10.0 Å². The van der Waals surface area contributed by atoms with Gasteiger partial charge in [-0.25, -0.2) is 21.2 Å². The van der Waals surface area contributed by atoms with Gasteiger partial charge in [-0.3, -0.25) is 0 Å². The maximum atomic E-state index is 13.4.